The Morgan fingerprint density at radius 3 is 2.70 bits per heavy atom. The maximum atomic E-state index is 13.1. The van der Waals surface area contributed by atoms with Gasteiger partial charge in [-0.3, -0.25) is 9.69 Å². The number of amides is 1. The summed E-state index contributed by atoms with van der Waals surface area (Å²) in [5.74, 6) is 1.13. The number of benzene rings is 2. The summed E-state index contributed by atoms with van der Waals surface area (Å²) in [4.78, 5) is 19.2. The van der Waals surface area contributed by atoms with Crippen molar-refractivity contribution in [2.45, 2.75) is 13.1 Å². The van der Waals surface area contributed by atoms with Gasteiger partial charge in [-0.1, -0.05) is 35.9 Å². The second kappa shape index (κ2) is 6.93. The van der Waals surface area contributed by atoms with Crippen LogP contribution in [0.15, 0.2) is 60.8 Å². The third kappa shape index (κ3) is 3.11. The molecular weight excluding hydrogens is 362 g/mol. The molecule has 4 rings (SSSR count). The predicted molar refractivity (Wildman–Crippen MR) is 107 cm³/mol. The Hall–Kier alpha value is -3.05. The molecule has 0 spiro atoms. The van der Waals surface area contributed by atoms with Crippen LogP contribution in [0.3, 0.4) is 0 Å². The van der Waals surface area contributed by atoms with Gasteiger partial charge in [-0.2, -0.15) is 0 Å². The molecular formula is C21H18ClN3O2. The number of fused-ring (bicyclic) bond motifs is 1. The zero-order valence-corrected chi connectivity index (χ0v) is 15.7. The summed E-state index contributed by atoms with van der Waals surface area (Å²) >= 11 is 6.17. The van der Waals surface area contributed by atoms with Gasteiger partial charge in [0.2, 0.25) is 0 Å². The predicted octanol–water partition coefficient (Wildman–Crippen LogP) is 4.82. The van der Waals surface area contributed by atoms with Crippen LogP contribution in [0.5, 0.6) is 5.75 Å². The number of methoxy groups -OCH3 is 1. The van der Waals surface area contributed by atoms with Gasteiger partial charge in [0, 0.05) is 22.3 Å². The highest BCUT2D eigenvalue weighted by Gasteiger charge is 2.38. The number of anilines is 2. The number of halogens is 1. The van der Waals surface area contributed by atoms with E-state index in [-0.39, 0.29) is 5.91 Å². The molecule has 1 aromatic heterocycles. The fourth-order valence-corrected chi connectivity index (χ4v) is 3.41. The molecule has 0 radical (unpaired) electrons. The Labute approximate surface area is 162 Å². The topological polar surface area (TPSA) is 54.5 Å². The molecule has 1 aliphatic heterocycles. The van der Waals surface area contributed by atoms with E-state index < -0.39 is 6.17 Å². The summed E-state index contributed by atoms with van der Waals surface area (Å²) < 4.78 is 5.44. The van der Waals surface area contributed by atoms with E-state index in [1.807, 2.05) is 43.3 Å². The quantitative estimate of drug-likeness (QED) is 0.705. The van der Waals surface area contributed by atoms with E-state index in [0.717, 1.165) is 11.1 Å². The highest BCUT2D eigenvalue weighted by molar-refractivity contribution is 6.31. The van der Waals surface area contributed by atoms with E-state index in [4.69, 9.17) is 16.3 Å². The fraction of sp³-hybridized carbons (Fsp3) is 0.143. The lowest BCUT2D eigenvalue weighted by atomic mass is 10.1. The van der Waals surface area contributed by atoms with E-state index in [1.54, 1.807) is 36.4 Å². The SMILES string of the molecule is COc1ccc(Cl)cc1N[C@H]1c2ccccc2C(=O)N1c1ccc(C)cn1. The number of ether oxygens (including phenoxy) is 1. The first-order valence-corrected chi connectivity index (χ1v) is 8.91. The highest BCUT2D eigenvalue weighted by atomic mass is 35.5. The zero-order valence-electron chi connectivity index (χ0n) is 14.9. The largest absolute Gasteiger partial charge is 0.495 e. The van der Waals surface area contributed by atoms with Crippen LogP contribution in [0.1, 0.15) is 27.7 Å². The van der Waals surface area contributed by atoms with E-state index >= 15 is 0 Å². The van der Waals surface area contributed by atoms with Crippen molar-refractivity contribution in [2.75, 3.05) is 17.3 Å². The van der Waals surface area contributed by atoms with Gasteiger partial charge in [0.05, 0.1) is 12.8 Å². The summed E-state index contributed by atoms with van der Waals surface area (Å²) in [6, 6.07) is 16.7. The maximum absolute atomic E-state index is 13.1. The van der Waals surface area contributed by atoms with Gasteiger partial charge in [-0.25, -0.2) is 4.98 Å². The Morgan fingerprint density at radius 1 is 1.15 bits per heavy atom. The number of aryl methyl sites for hydroxylation is 1. The number of rotatable bonds is 4. The zero-order chi connectivity index (χ0) is 19.0. The molecule has 1 aliphatic rings. The summed E-state index contributed by atoms with van der Waals surface area (Å²) in [6.45, 7) is 1.96. The minimum Gasteiger partial charge on any atom is -0.495 e. The van der Waals surface area contributed by atoms with Gasteiger partial charge >= 0.3 is 0 Å². The second-order valence-electron chi connectivity index (χ2n) is 6.35. The van der Waals surface area contributed by atoms with E-state index in [0.29, 0.717) is 27.8 Å². The number of nitrogens with zero attached hydrogens (tertiary/aromatic N) is 2. The van der Waals surface area contributed by atoms with E-state index in [1.165, 1.54) is 0 Å². The molecule has 136 valence electrons. The molecule has 0 saturated heterocycles. The number of aromatic nitrogens is 1. The first kappa shape index (κ1) is 17.4. The minimum absolute atomic E-state index is 0.0968. The highest BCUT2D eigenvalue weighted by Crippen LogP contribution is 2.39. The Bertz CT molecular complexity index is 1000. The van der Waals surface area contributed by atoms with Gasteiger partial charge in [0.15, 0.2) is 0 Å². The average molecular weight is 380 g/mol. The van der Waals surface area contributed by atoms with Gasteiger partial charge in [0.25, 0.3) is 5.91 Å². The van der Waals surface area contributed by atoms with Crippen LogP contribution in [0, 0.1) is 6.92 Å². The number of pyridine rings is 1. The number of carbonyl (C=O) groups excluding carboxylic acids is 1. The molecule has 6 heteroatoms. The molecule has 0 bridgehead atoms. The van der Waals surface area contributed by atoms with Gasteiger partial charge in [0.1, 0.15) is 17.7 Å². The first-order chi connectivity index (χ1) is 13.1. The molecule has 0 fully saturated rings. The lowest BCUT2D eigenvalue weighted by Gasteiger charge is -2.27. The molecule has 27 heavy (non-hydrogen) atoms. The van der Waals surface area contributed by atoms with Crippen LogP contribution in [-0.4, -0.2) is 18.0 Å². The molecule has 1 N–H and O–H groups in total. The molecule has 0 unspecified atom stereocenters. The maximum Gasteiger partial charge on any atom is 0.261 e. The smallest absolute Gasteiger partial charge is 0.261 e. The summed E-state index contributed by atoms with van der Waals surface area (Å²) in [5, 5.41) is 3.99. The number of nitrogens with one attached hydrogen (secondary N) is 1. The van der Waals surface area contributed by atoms with Crippen LogP contribution in [-0.2, 0) is 0 Å². The normalized spacial score (nSPS) is 15.6. The molecule has 1 atom stereocenters. The van der Waals surface area contributed by atoms with Crippen LogP contribution >= 0.6 is 11.6 Å². The van der Waals surface area contributed by atoms with Crippen molar-refractivity contribution in [1.29, 1.82) is 0 Å². The number of hydrogen-bond acceptors (Lipinski definition) is 4. The number of carbonyl (C=O) groups is 1. The lowest BCUT2D eigenvalue weighted by molar-refractivity contribution is 0.0992. The first-order valence-electron chi connectivity index (χ1n) is 8.53. The third-order valence-electron chi connectivity index (χ3n) is 4.56. The van der Waals surface area contributed by atoms with Gasteiger partial charge in [-0.15, -0.1) is 0 Å². The van der Waals surface area contributed by atoms with Crippen molar-refractivity contribution in [3.8, 4) is 5.75 Å². The average Bonchev–Trinajstić information content (AvgIpc) is 2.95. The molecule has 2 heterocycles. The molecule has 3 aromatic rings. The molecule has 1 amide bonds. The van der Waals surface area contributed by atoms with Crippen LogP contribution < -0.4 is 15.0 Å². The summed E-state index contributed by atoms with van der Waals surface area (Å²) in [5.41, 5.74) is 3.27. The van der Waals surface area contributed by atoms with Crippen molar-refractivity contribution in [2.24, 2.45) is 0 Å². The number of hydrogen-bond donors (Lipinski definition) is 1. The standard InChI is InChI=1S/C21H18ClN3O2/c1-13-7-10-19(23-12-13)25-20(15-5-3-4-6-16(15)21(25)26)24-17-11-14(22)8-9-18(17)27-2/h3-12,20,24H,1-2H3/t20-/m1/s1. The van der Waals surface area contributed by atoms with Crippen molar-refractivity contribution in [3.05, 3.63) is 82.5 Å². The van der Waals surface area contributed by atoms with E-state index in [9.17, 15) is 4.79 Å². The van der Waals surface area contributed by atoms with Crippen molar-refractivity contribution in [3.63, 3.8) is 0 Å². The van der Waals surface area contributed by atoms with Crippen molar-refractivity contribution in [1.82, 2.24) is 4.98 Å². The molecule has 0 aliphatic carbocycles. The summed E-state index contributed by atoms with van der Waals surface area (Å²) in [6.07, 6.45) is 1.33. The fourth-order valence-electron chi connectivity index (χ4n) is 3.24. The van der Waals surface area contributed by atoms with Crippen molar-refractivity contribution >= 4 is 29.0 Å². The molecule has 0 saturated carbocycles. The van der Waals surface area contributed by atoms with Crippen LogP contribution in [0.2, 0.25) is 5.02 Å². The second-order valence-corrected chi connectivity index (χ2v) is 6.78. The Morgan fingerprint density at radius 2 is 1.96 bits per heavy atom. The summed E-state index contributed by atoms with van der Waals surface area (Å²) in [7, 11) is 1.60. The van der Waals surface area contributed by atoms with Gasteiger partial charge in [-0.05, 0) is 42.8 Å². The van der Waals surface area contributed by atoms with E-state index in [2.05, 4.69) is 10.3 Å². The monoisotopic (exact) mass is 379 g/mol. The van der Waals surface area contributed by atoms with Crippen molar-refractivity contribution < 1.29 is 9.53 Å². The van der Waals surface area contributed by atoms with Gasteiger partial charge < -0.3 is 10.1 Å². The van der Waals surface area contributed by atoms with Crippen LogP contribution in [0.25, 0.3) is 0 Å². The molecule has 5 nitrogen and oxygen atoms in total. The third-order valence-corrected chi connectivity index (χ3v) is 4.79. The lowest BCUT2D eigenvalue weighted by Crippen LogP contribution is -2.33. The minimum atomic E-state index is -0.420. The Balaban J connectivity index is 1.80. The Kier molecular flexibility index (Phi) is 4.46. The van der Waals surface area contributed by atoms with Crippen LogP contribution in [0.4, 0.5) is 11.5 Å². The molecule has 2 aromatic carbocycles.